The summed E-state index contributed by atoms with van der Waals surface area (Å²) in [5.74, 6) is 1.08. The molecule has 7 N–H and O–H groups in total. The van der Waals surface area contributed by atoms with Crippen molar-refractivity contribution in [1.82, 2.24) is 24.9 Å². The minimum atomic E-state index is 0.319. The molecule has 5 rings (SSSR count). The van der Waals surface area contributed by atoms with Crippen LogP contribution in [-0.4, -0.2) is 65.0 Å². The molecule has 11 nitrogen and oxygen atoms in total. The van der Waals surface area contributed by atoms with Crippen molar-refractivity contribution in [3.8, 4) is 0 Å². The second-order valence-electron chi connectivity index (χ2n) is 8.81. The summed E-state index contributed by atoms with van der Waals surface area (Å²) in [5.41, 5.74) is 15.9. The molecule has 0 unspecified atom stereocenters. The summed E-state index contributed by atoms with van der Waals surface area (Å²) in [5, 5.41) is 15.4. The summed E-state index contributed by atoms with van der Waals surface area (Å²) in [6.07, 6.45) is 3.96. The number of nitrogens with two attached hydrogens (primary N) is 2. The van der Waals surface area contributed by atoms with Crippen LogP contribution in [0, 0.1) is 0 Å². The zero-order valence-corrected chi connectivity index (χ0v) is 20.0. The molecule has 0 radical (unpaired) electrons. The van der Waals surface area contributed by atoms with Crippen LogP contribution in [0.25, 0.3) is 5.65 Å². The number of aromatic nitrogens is 4. The van der Waals surface area contributed by atoms with Crippen LogP contribution in [0.4, 0.5) is 23.1 Å². The highest BCUT2D eigenvalue weighted by Crippen LogP contribution is 2.36. The monoisotopic (exact) mass is 486 g/mol. The molecule has 0 atom stereocenters. The topological polar surface area (TPSA) is 144 Å². The number of halogens is 1. The van der Waals surface area contributed by atoms with Gasteiger partial charge in [-0.2, -0.15) is 4.98 Å². The highest BCUT2D eigenvalue weighted by atomic mass is 35.5. The number of anilines is 4. The molecule has 34 heavy (non-hydrogen) atoms. The fourth-order valence-electron chi connectivity index (χ4n) is 3.82. The van der Waals surface area contributed by atoms with Gasteiger partial charge in [0.1, 0.15) is 0 Å². The van der Waals surface area contributed by atoms with E-state index in [0.29, 0.717) is 53.3 Å². The van der Waals surface area contributed by atoms with E-state index in [1.54, 1.807) is 10.7 Å². The van der Waals surface area contributed by atoms with Crippen molar-refractivity contribution in [1.29, 1.82) is 0 Å². The molecule has 12 heteroatoms. The van der Waals surface area contributed by atoms with Crippen LogP contribution < -0.4 is 32.3 Å². The molecule has 1 saturated heterocycles. The Labute approximate surface area is 203 Å². The summed E-state index contributed by atoms with van der Waals surface area (Å²) >= 11 is 6.86. The highest BCUT2D eigenvalue weighted by Gasteiger charge is 2.24. The third-order valence-electron chi connectivity index (χ3n) is 6.09. The Hall–Kier alpha value is -2.70. The third kappa shape index (κ3) is 4.89. The van der Waals surface area contributed by atoms with E-state index in [4.69, 9.17) is 32.8 Å². The lowest BCUT2D eigenvalue weighted by Gasteiger charge is -2.29. The van der Waals surface area contributed by atoms with Gasteiger partial charge in [-0.3, -0.25) is 0 Å². The third-order valence-corrected chi connectivity index (χ3v) is 6.48. The number of hydrogen-bond donors (Lipinski definition) is 5. The number of likely N-dealkylation sites (N-methyl/N-ethyl adjacent to an activating group) is 1. The van der Waals surface area contributed by atoms with Crippen molar-refractivity contribution in [3.63, 3.8) is 0 Å². The smallest absolute Gasteiger partial charge is 0.247 e. The Kier molecular flexibility index (Phi) is 6.70. The maximum Gasteiger partial charge on any atom is 0.247 e. The van der Waals surface area contributed by atoms with Crippen LogP contribution >= 0.6 is 11.6 Å². The van der Waals surface area contributed by atoms with Gasteiger partial charge in [0.2, 0.25) is 5.95 Å². The van der Waals surface area contributed by atoms with E-state index in [0.717, 1.165) is 56.1 Å². The predicted molar refractivity (Wildman–Crippen MR) is 134 cm³/mol. The molecule has 1 saturated carbocycles. The van der Waals surface area contributed by atoms with Crippen molar-refractivity contribution in [2.75, 3.05) is 48.9 Å². The zero-order chi connectivity index (χ0) is 23.7. The van der Waals surface area contributed by atoms with E-state index in [-0.39, 0.29) is 0 Å². The van der Waals surface area contributed by atoms with E-state index < -0.39 is 0 Å². The lowest BCUT2D eigenvalue weighted by atomic mass is 10.1. The largest absolute Gasteiger partial charge is 0.378 e. The first-order chi connectivity index (χ1) is 16.6. The maximum absolute atomic E-state index is 6.86. The Morgan fingerprint density at radius 3 is 2.71 bits per heavy atom. The molecule has 182 valence electrons. The average molecular weight is 487 g/mol. The number of nitrogens with one attached hydrogen (secondary N) is 3. The van der Waals surface area contributed by atoms with E-state index >= 15 is 0 Å². The zero-order valence-electron chi connectivity index (χ0n) is 19.2. The fraction of sp³-hybridized carbons (Fsp3) is 0.500. The first-order valence-corrected chi connectivity index (χ1v) is 12.0. The van der Waals surface area contributed by atoms with Gasteiger partial charge in [-0.15, -0.1) is 5.10 Å². The van der Waals surface area contributed by atoms with Crippen molar-refractivity contribution < 1.29 is 4.74 Å². The molecule has 3 aromatic rings. The molecular formula is C22H31ClN10O. The van der Waals surface area contributed by atoms with Crippen LogP contribution in [0.15, 0.2) is 18.3 Å². The lowest BCUT2D eigenvalue weighted by molar-refractivity contribution is -0.00446. The predicted octanol–water partition coefficient (Wildman–Crippen LogP) is 1.44. The molecule has 2 fully saturated rings. The van der Waals surface area contributed by atoms with Crippen LogP contribution in [0.1, 0.15) is 24.1 Å². The van der Waals surface area contributed by atoms with Gasteiger partial charge < -0.3 is 37.1 Å². The number of benzene rings is 1. The molecule has 0 spiro atoms. The molecule has 2 aliphatic rings. The first kappa shape index (κ1) is 23.1. The van der Waals surface area contributed by atoms with E-state index in [9.17, 15) is 0 Å². The number of hydrogen-bond acceptors (Lipinski definition) is 10. The minimum Gasteiger partial charge on any atom is -0.378 e. The van der Waals surface area contributed by atoms with E-state index in [2.05, 4.69) is 30.9 Å². The molecule has 2 aromatic heterocycles. The number of fused-ring (bicyclic) bond motifs is 1. The highest BCUT2D eigenvalue weighted by molar-refractivity contribution is 6.36. The quantitative estimate of drug-likeness (QED) is 0.270. The lowest BCUT2D eigenvalue weighted by Crippen LogP contribution is -2.48. The molecule has 1 aliphatic carbocycles. The van der Waals surface area contributed by atoms with Gasteiger partial charge >= 0.3 is 0 Å². The van der Waals surface area contributed by atoms with Gasteiger partial charge in [0, 0.05) is 39.3 Å². The Bertz CT molecular complexity index is 1160. The first-order valence-electron chi connectivity index (χ1n) is 11.6. The minimum absolute atomic E-state index is 0.319. The Morgan fingerprint density at radius 2 is 2.03 bits per heavy atom. The number of imidazole rings is 1. The summed E-state index contributed by atoms with van der Waals surface area (Å²) in [7, 11) is 2.02. The van der Waals surface area contributed by atoms with Gasteiger partial charge in [0.05, 0.1) is 47.5 Å². The molecule has 3 heterocycles. The number of rotatable bonds is 11. The second kappa shape index (κ2) is 9.88. The van der Waals surface area contributed by atoms with Gasteiger partial charge in [-0.1, -0.05) is 11.6 Å². The van der Waals surface area contributed by atoms with Gasteiger partial charge in [-0.25, -0.2) is 9.50 Å². The van der Waals surface area contributed by atoms with Crippen molar-refractivity contribution in [2.45, 2.75) is 38.0 Å². The van der Waals surface area contributed by atoms with Crippen molar-refractivity contribution in [3.05, 3.63) is 34.6 Å². The molecule has 1 aromatic carbocycles. The average Bonchev–Trinajstić information content (AvgIpc) is 3.52. The Balaban J connectivity index is 1.42. The number of nitrogens with zero attached hydrogens (tertiary/aromatic N) is 5. The van der Waals surface area contributed by atoms with Crippen LogP contribution in [-0.2, 0) is 17.8 Å². The van der Waals surface area contributed by atoms with Crippen molar-refractivity contribution >= 4 is 40.4 Å². The Morgan fingerprint density at radius 1 is 1.21 bits per heavy atom. The standard InChI is InChI=1S/C22H31ClN10O/c1-32(5-4-26-15-11-34-12-15)18-7-13(8-24)6-17(19(18)23)29-22-30-20(28-14-2-3-14)21-27-10-16(9-25)33(21)31-22/h6-7,10,14-15,26H,2-5,8-9,11-12,24-25H2,1H3,(H2,28,29,30,31). The van der Waals surface area contributed by atoms with Crippen LogP contribution in [0.3, 0.4) is 0 Å². The van der Waals surface area contributed by atoms with E-state index in [1.807, 2.05) is 19.2 Å². The molecule has 0 bridgehead atoms. The summed E-state index contributed by atoms with van der Waals surface area (Å²) in [6.45, 7) is 3.86. The van der Waals surface area contributed by atoms with Gasteiger partial charge in [0.25, 0.3) is 0 Å². The SMILES string of the molecule is CN(CCNC1COC1)c1cc(CN)cc(Nc2nc(NC3CC3)c3ncc(CN)n3n2)c1Cl. The van der Waals surface area contributed by atoms with Crippen LogP contribution in [0.5, 0.6) is 0 Å². The van der Waals surface area contributed by atoms with Crippen LogP contribution in [0.2, 0.25) is 5.02 Å². The summed E-state index contributed by atoms with van der Waals surface area (Å²) in [4.78, 5) is 11.3. The maximum atomic E-state index is 6.86. The fourth-order valence-corrected chi connectivity index (χ4v) is 4.12. The molecule has 1 aliphatic heterocycles. The normalized spacial score (nSPS) is 16.0. The summed E-state index contributed by atoms with van der Waals surface area (Å²) < 4.78 is 6.95. The molecule has 0 amide bonds. The van der Waals surface area contributed by atoms with Crippen molar-refractivity contribution in [2.24, 2.45) is 11.5 Å². The van der Waals surface area contributed by atoms with Gasteiger partial charge in [-0.05, 0) is 30.5 Å². The second-order valence-corrected chi connectivity index (χ2v) is 9.19. The number of ether oxygens (including phenoxy) is 1. The van der Waals surface area contributed by atoms with Gasteiger partial charge in [0.15, 0.2) is 11.5 Å². The van der Waals surface area contributed by atoms with E-state index in [1.165, 1.54) is 0 Å². The summed E-state index contributed by atoms with van der Waals surface area (Å²) in [6, 6.07) is 4.80. The molecular weight excluding hydrogens is 456 g/mol.